The molecule has 1 spiro atoms. The van der Waals surface area contributed by atoms with Crippen LogP contribution in [0.5, 0.6) is 23.1 Å². The Bertz CT molecular complexity index is 2750. The van der Waals surface area contributed by atoms with Crippen LogP contribution in [0.4, 0.5) is 17.1 Å². The Kier molecular flexibility index (Phi) is 11.8. The summed E-state index contributed by atoms with van der Waals surface area (Å²) >= 11 is 0. The highest BCUT2D eigenvalue weighted by molar-refractivity contribution is 7.90. The molecule has 3 aliphatic heterocycles. The third-order valence-corrected chi connectivity index (χ3v) is 16.4. The van der Waals surface area contributed by atoms with Crippen molar-refractivity contribution in [3.05, 3.63) is 99.7 Å². The zero-order valence-corrected chi connectivity index (χ0v) is 38.7. The summed E-state index contributed by atoms with van der Waals surface area (Å²) in [5, 5.41) is 16.4. The molecule has 3 aromatic carbocycles. The number of ether oxygens (including phenoxy) is 3. The third-order valence-electron chi connectivity index (χ3n) is 15.1. The fraction of sp³-hybridized carbons (Fsp3) is 0.480. The predicted molar refractivity (Wildman–Crippen MR) is 253 cm³/mol. The van der Waals surface area contributed by atoms with Gasteiger partial charge in [0.2, 0.25) is 0 Å². The lowest BCUT2D eigenvalue weighted by molar-refractivity contribution is -0.384. The summed E-state index contributed by atoms with van der Waals surface area (Å²) in [5.41, 5.74) is 4.29. The van der Waals surface area contributed by atoms with Gasteiger partial charge in [-0.05, 0) is 111 Å². The predicted octanol–water partition coefficient (Wildman–Crippen LogP) is 9.85. The van der Waals surface area contributed by atoms with Crippen molar-refractivity contribution in [2.75, 3.05) is 43.6 Å². The molecule has 15 nitrogen and oxygen atoms in total. The maximum absolute atomic E-state index is 14.2. The fourth-order valence-electron chi connectivity index (χ4n) is 11.6. The van der Waals surface area contributed by atoms with Gasteiger partial charge < -0.3 is 29.4 Å². The molecule has 2 aliphatic carbocycles. The minimum absolute atomic E-state index is 0.0468. The lowest BCUT2D eigenvalue weighted by Crippen LogP contribution is -2.54. The summed E-state index contributed by atoms with van der Waals surface area (Å²) in [7, 11) is -3.18. The molecule has 2 aromatic heterocycles. The average Bonchev–Trinajstić information content (AvgIpc) is 4.00. The van der Waals surface area contributed by atoms with Crippen LogP contribution in [-0.4, -0.2) is 79.6 Å². The number of H-pyrrole nitrogens is 1. The van der Waals surface area contributed by atoms with Crippen LogP contribution in [-0.2, 0) is 10.0 Å². The van der Waals surface area contributed by atoms with Crippen molar-refractivity contribution in [2.45, 2.75) is 113 Å². The van der Waals surface area contributed by atoms with Crippen LogP contribution in [0.25, 0.3) is 11.0 Å². The number of benzene rings is 3. The number of nitro groups is 1. The molecule has 16 heteroatoms. The molecule has 0 bridgehead atoms. The standard InChI is InChI=1S/C50H59N7O8S/c1-31(2)37-12-7-8-13-38(37)41-14-9-21-56(41)35-28-50(29-35)18-22-55(23-19-50)34-15-16-39(43(25-34)65-45-24-33-17-20-51-47(33)53-49(45)63-3)48(58)54-66(61,62)36-26-42(57(59)60)46-44(27-36)64-30-40(52-46)32-10-5-4-6-11-32/h7-8,12-13,15-17,20,24-27,31-32,35,40-41,52H,4-6,9-11,14,18-19,21-23,28-30H2,1-3H3,(H,51,53)(H,54,58)/t40-,41+/m1/s1. The van der Waals surface area contributed by atoms with Gasteiger partial charge in [0.15, 0.2) is 17.2 Å². The Morgan fingerprint density at radius 3 is 2.52 bits per heavy atom. The molecule has 0 radical (unpaired) electrons. The number of nitro benzene ring substituents is 1. The highest BCUT2D eigenvalue weighted by atomic mass is 32.2. The summed E-state index contributed by atoms with van der Waals surface area (Å²) in [4.78, 5) is 38.2. The van der Waals surface area contributed by atoms with E-state index in [4.69, 9.17) is 14.2 Å². The normalized spacial score (nSPS) is 21.2. The van der Waals surface area contributed by atoms with Gasteiger partial charge in [0, 0.05) is 60.6 Å². The second-order valence-corrected chi connectivity index (χ2v) is 21.1. The molecular weight excluding hydrogens is 859 g/mol. The van der Waals surface area contributed by atoms with Crippen molar-refractivity contribution in [3.63, 3.8) is 0 Å². The molecule has 5 aromatic rings. The van der Waals surface area contributed by atoms with E-state index in [-0.39, 0.29) is 52.4 Å². The molecule has 10 rings (SSSR count). The molecule has 1 amide bonds. The van der Waals surface area contributed by atoms with Crippen molar-refractivity contribution < 1.29 is 32.3 Å². The van der Waals surface area contributed by atoms with E-state index in [9.17, 15) is 23.3 Å². The Labute approximate surface area is 385 Å². The van der Waals surface area contributed by atoms with E-state index < -0.39 is 31.4 Å². The first kappa shape index (κ1) is 44.0. The number of rotatable bonds is 12. The lowest BCUT2D eigenvalue weighted by atomic mass is 9.59. The molecule has 66 heavy (non-hydrogen) atoms. The van der Waals surface area contributed by atoms with E-state index in [1.54, 1.807) is 24.4 Å². The van der Waals surface area contributed by atoms with Gasteiger partial charge in [-0.15, -0.1) is 0 Å². The van der Waals surface area contributed by atoms with E-state index in [1.807, 2.05) is 12.1 Å². The van der Waals surface area contributed by atoms with Gasteiger partial charge in [0.05, 0.1) is 28.5 Å². The van der Waals surface area contributed by atoms with Crippen LogP contribution in [0.15, 0.2) is 77.8 Å². The topological polar surface area (TPSA) is 181 Å². The lowest BCUT2D eigenvalue weighted by Gasteiger charge is -2.56. The number of aromatic nitrogens is 2. The van der Waals surface area contributed by atoms with Crippen molar-refractivity contribution in [2.24, 2.45) is 11.3 Å². The second-order valence-electron chi connectivity index (χ2n) is 19.4. The van der Waals surface area contributed by atoms with Crippen LogP contribution >= 0.6 is 0 Å². The monoisotopic (exact) mass is 917 g/mol. The Hall–Kier alpha value is -5.87. The van der Waals surface area contributed by atoms with Crippen molar-refractivity contribution in [1.29, 1.82) is 0 Å². The van der Waals surface area contributed by atoms with Crippen LogP contribution in [0.1, 0.15) is 118 Å². The van der Waals surface area contributed by atoms with Crippen LogP contribution in [0.2, 0.25) is 0 Å². The second kappa shape index (κ2) is 17.7. The molecule has 5 aliphatic rings. The molecule has 2 saturated heterocycles. The first-order chi connectivity index (χ1) is 31.9. The Balaban J connectivity index is 0.881. The number of nitrogens with zero attached hydrogens (tertiary/aromatic N) is 4. The molecule has 348 valence electrons. The van der Waals surface area contributed by atoms with Gasteiger partial charge in [-0.1, -0.05) is 57.4 Å². The zero-order valence-electron chi connectivity index (χ0n) is 37.9. The first-order valence-corrected chi connectivity index (χ1v) is 25.1. The van der Waals surface area contributed by atoms with E-state index in [2.05, 4.69) is 67.9 Å². The first-order valence-electron chi connectivity index (χ1n) is 23.6. The molecule has 5 heterocycles. The molecule has 4 fully saturated rings. The van der Waals surface area contributed by atoms with Crippen molar-refractivity contribution in [1.82, 2.24) is 19.6 Å². The number of aromatic amines is 1. The highest BCUT2D eigenvalue weighted by Gasteiger charge is 2.50. The van der Waals surface area contributed by atoms with Crippen LogP contribution in [0, 0.1) is 21.4 Å². The number of hydrogen-bond donors (Lipinski definition) is 3. The Morgan fingerprint density at radius 1 is 0.970 bits per heavy atom. The number of nitrogens with one attached hydrogen (secondary N) is 3. The average molecular weight is 918 g/mol. The number of carbonyl (C=O) groups is 1. The highest BCUT2D eigenvalue weighted by Crippen LogP contribution is 2.54. The summed E-state index contributed by atoms with van der Waals surface area (Å²) < 4.78 is 48.2. The molecular formula is C50H59N7O8S. The van der Waals surface area contributed by atoms with E-state index in [0.29, 0.717) is 29.6 Å². The van der Waals surface area contributed by atoms with Gasteiger partial charge in [-0.25, -0.2) is 13.1 Å². The number of anilines is 2. The molecule has 2 atom stereocenters. The van der Waals surface area contributed by atoms with Gasteiger partial charge in [-0.2, -0.15) is 4.98 Å². The number of pyridine rings is 1. The summed E-state index contributed by atoms with van der Waals surface area (Å²) in [6.45, 7) is 7.61. The number of methoxy groups -OCH3 is 1. The number of likely N-dealkylation sites (tertiary alicyclic amines) is 1. The van der Waals surface area contributed by atoms with E-state index in [0.717, 1.165) is 81.7 Å². The number of fused-ring (bicyclic) bond motifs is 2. The summed E-state index contributed by atoms with van der Waals surface area (Å²) in [6.07, 6.45) is 14.0. The van der Waals surface area contributed by atoms with Crippen LogP contribution < -0.4 is 29.1 Å². The van der Waals surface area contributed by atoms with Crippen LogP contribution in [0.3, 0.4) is 0 Å². The summed E-state index contributed by atoms with van der Waals surface area (Å²) in [6, 6.07) is 20.8. The largest absolute Gasteiger partial charge is 0.489 e. The van der Waals surface area contributed by atoms with Gasteiger partial charge in [0.25, 0.3) is 27.5 Å². The minimum Gasteiger partial charge on any atom is -0.489 e. The minimum atomic E-state index is -4.65. The maximum Gasteiger partial charge on any atom is 0.297 e. The molecule has 0 unspecified atom stereocenters. The van der Waals surface area contributed by atoms with Gasteiger partial charge >= 0.3 is 0 Å². The summed E-state index contributed by atoms with van der Waals surface area (Å²) in [5.74, 6) is 0.355. The Morgan fingerprint density at radius 2 is 1.76 bits per heavy atom. The quantitative estimate of drug-likeness (QED) is 0.0797. The SMILES string of the molecule is COc1nc2[nH]ccc2cc1Oc1cc(N2CCC3(CC2)CC(N2CCC[C@H]2c2ccccc2C(C)C)C3)ccc1C(=O)NS(=O)(=O)c1cc2c(c([N+](=O)[O-])c1)N[C@@H](C1CCCCC1)CO2. The van der Waals surface area contributed by atoms with E-state index in [1.165, 1.54) is 50.0 Å². The number of hydrogen-bond acceptors (Lipinski definition) is 12. The number of sulfonamides is 1. The molecule has 2 saturated carbocycles. The zero-order chi connectivity index (χ0) is 45.7. The fourth-order valence-corrected chi connectivity index (χ4v) is 12.6. The molecule has 3 N–H and O–H groups in total. The van der Waals surface area contributed by atoms with Gasteiger partial charge in [-0.3, -0.25) is 19.8 Å². The van der Waals surface area contributed by atoms with Crippen molar-refractivity contribution in [3.8, 4) is 23.1 Å². The van der Waals surface area contributed by atoms with Crippen molar-refractivity contribution >= 4 is 44.0 Å². The number of piperidine rings is 1. The van der Waals surface area contributed by atoms with Gasteiger partial charge in [0.1, 0.15) is 18.0 Å². The number of amides is 1. The smallest absolute Gasteiger partial charge is 0.297 e. The maximum atomic E-state index is 14.2. The third kappa shape index (κ3) is 8.42. The van der Waals surface area contributed by atoms with E-state index >= 15 is 0 Å². The number of carbonyl (C=O) groups excluding carboxylic acids is 1.